The van der Waals surface area contributed by atoms with Crippen LogP contribution in [0.2, 0.25) is 0 Å². The molecule has 0 aromatic carbocycles. The molecule has 2 fully saturated rings. The molecule has 0 radical (unpaired) electrons. The van der Waals surface area contributed by atoms with E-state index in [1.165, 1.54) is 70.6 Å². The zero-order valence-electron chi connectivity index (χ0n) is 15.4. The van der Waals surface area contributed by atoms with Crippen LogP contribution in [0.15, 0.2) is 37.0 Å². The quantitative estimate of drug-likeness (QED) is 0.322. The Labute approximate surface area is 145 Å². The second-order valence-corrected chi connectivity index (χ2v) is 7.92. The van der Waals surface area contributed by atoms with Gasteiger partial charge in [-0.2, -0.15) is 0 Å². The summed E-state index contributed by atoms with van der Waals surface area (Å²) in [5, 5.41) is 0. The van der Waals surface area contributed by atoms with Crippen LogP contribution in [0.1, 0.15) is 84.0 Å². The fraction of sp³-hybridized carbons (Fsp3) is 0.739. The summed E-state index contributed by atoms with van der Waals surface area (Å²) in [5.74, 6) is 3.63. The minimum Gasteiger partial charge on any atom is -0.103 e. The Hall–Kier alpha value is -0.780. The second kappa shape index (κ2) is 10.9. The van der Waals surface area contributed by atoms with Gasteiger partial charge >= 0.3 is 0 Å². The van der Waals surface area contributed by atoms with Gasteiger partial charge in [0, 0.05) is 0 Å². The van der Waals surface area contributed by atoms with E-state index in [-0.39, 0.29) is 0 Å². The Morgan fingerprint density at radius 1 is 0.739 bits per heavy atom. The van der Waals surface area contributed by atoms with Crippen molar-refractivity contribution in [1.29, 1.82) is 0 Å². The van der Waals surface area contributed by atoms with Gasteiger partial charge in [0.15, 0.2) is 0 Å². The van der Waals surface area contributed by atoms with Crippen molar-refractivity contribution in [2.24, 2.45) is 23.7 Å². The van der Waals surface area contributed by atoms with Crippen molar-refractivity contribution in [3.05, 3.63) is 37.0 Å². The molecule has 2 rings (SSSR count). The van der Waals surface area contributed by atoms with Crippen LogP contribution in [0.3, 0.4) is 0 Å². The maximum atomic E-state index is 3.79. The maximum Gasteiger partial charge on any atom is -0.0233 e. The van der Waals surface area contributed by atoms with Crippen LogP contribution in [0.5, 0.6) is 0 Å². The van der Waals surface area contributed by atoms with Gasteiger partial charge in [-0.25, -0.2) is 0 Å². The van der Waals surface area contributed by atoms with E-state index in [0.717, 1.165) is 30.1 Å². The number of allylic oxidation sites excluding steroid dienone is 5. The number of unbranched alkanes of at least 4 members (excludes halogenated alkanes) is 1. The molecule has 2 aliphatic carbocycles. The van der Waals surface area contributed by atoms with E-state index in [0.29, 0.717) is 0 Å². The average Bonchev–Trinajstić information content (AvgIpc) is 2.59. The molecule has 23 heavy (non-hydrogen) atoms. The Bertz CT molecular complexity index is 359. The fourth-order valence-corrected chi connectivity index (χ4v) is 4.42. The van der Waals surface area contributed by atoms with Gasteiger partial charge in [0.2, 0.25) is 0 Å². The summed E-state index contributed by atoms with van der Waals surface area (Å²) in [6.45, 7) is 6.12. The van der Waals surface area contributed by atoms with E-state index < -0.39 is 0 Å². The summed E-state index contributed by atoms with van der Waals surface area (Å²) in [5.41, 5.74) is 0. The zero-order chi connectivity index (χ0) is 16.3. The summed E-state index contributed by atoms with van der Waals surface area (Å²) in [6, 6.07) is 0. The number of hydrogen-bond donors (Lipinski definition) is 0. The maximum absolute atomic E-state index is 3.79. The minimum absolute atomic E-state index is 0.842. The van der Waals surface area contributed by atoms with Crippen LogP contribution in [0.4, 0.5) is 0 Å². The van der Waals surface area contributed by atoms with Gasteiger partial charge in [0.1, 0.15) is 0 Å². The molecule has 0 amide bonds. The molecule has 0 atom stereocenters. The van der Waals surface area contributed by atoms with Crippen LogP contribution < -0.4 is 0 Å². The summed E-state index contributed by atoms with van der Waals surface area (Å²) in [7, 11) is 0. The van der Waals surface area contributed by atoms with E-state index in [1.807, 2.05) is 6.08 Å². The molecule has 0 heteroatoms. The van der Waals surface area contributed by atoms with Crippen LogP contribution in [0.25, 0.3) is 0 Å². The molecule has 0 saturated heterocycles. The molecule has 2 aliphatic rings. The summed E-state index contributed by atoms with van der Waals surface area (Å²) < 4.78 is 0. The monoisotopic (exact) mass is 314 g/mol. The molecule has 0 aromatic heterocycles. The lowest BCUT2D eigenvalue weighted by Gasteiger charge is -2.28. The number of rotatable bonds is 8. The van der Waals surface area contributed by atoms with Crippen molar-refractivity contribution < 1.29 is 0 Å². The standard InChI is InChI=1S/C23H38/c1-3-5-6-7-9-21-12-16-23(17-13-21)19-18-22-14-10-20(8-4-2)11-15-22/h3,7,9,18-23H,1,4-6,8,10-17H2,2H3. The Balaban J connectivity index is 1.62. The third-order valence-corrected chi connectivity index (χ3v) is 6.01. The Morgan fingerprint density at radius 2 is 1.26 bits per heavy atom. The van der Waals surface area contributed by atoms with Crippen LogP contribution in [0, 0.1) is 23.7 Å². The summed E-state index contributed by atoms with van der Waals surface area (Å²) >= 11 is 0. The predicted molar refractivity (Wildman–Crippen MR) is 104 cm³/mol. The zero-order valence-corrected chi connectivity index (χ0v) is 15.4. The molecule has 0 spiro atoms. The third-order valence-electron chi connectivity index (χ3n) is 6.01. The molecule has 0 aliphatic heterocycles. The summed E-state index contributed by atoms with van der Waals surface area (Å²) in [6.07, 6.45) is 28.6. The van der Waals surface area contributed by atoms with E-state index in [1.54, 1.807) is 0 Å². The highest BCUT2D eigenvalue weighted by Crippen LogP contribution is 2.34. The second-order valence-electron chi connectivity index (χ2n) is 7.92. The van der Waals surface area contributed by atoms with Crippen LogP contribution in [-0.4, -0.2) is 0 Å². The van der Waals surface area contributed by atoms with Gasteiger partial charge < -0.3 is 0 Å². The van der Waals surface area contributed by atoms with Crippen molar-refractivity contribution in [3.63, 3.8) is 0 Å². The molecule has 0 heterocycles. The summed E-state index contributed by atoms with van der Waals surface area (Å²) in [4.78, 5) is 0. The molecule has 0 nitrogen and oxygen atoms in total. The lowest BCUT2D eigenvalue weighted by Crippen LogP contribution is -2.14. The first-order chi connectivity index (χ1) is 11.3. The van der Waals surface area contributed by atoms with Crippen molar-refractivity contribution in [2.75, 3.05) is 0 Å². The van der Waals surface area contributed by atoms with Crippen molar-refractivity contribution >= 4 is 0 Å². The predicted octanol–water partition coefficient (Wildman–Crippen LogP) is 7.48. The lowest BCUT2D eigenvalue weighted by atomic mass is 9.78. The first-order valence-electron chi connectivity index (χ1n) is 10.3. The minimum atomic E-state index is 0.842. The third kappa shape index (κ3) is 7.10. The highest BCUT2D eigenvalue weighted by Gasteiger charge is 2.20. The first kappa shape index (κ1) is 18.6. The van der Waals surface area contributed by atoms with E-state index in [4.69, 9.17) is 0 Å². The van der Waals surface area contributed by atoms with Crippen molar-refractivity contribution in [1.82, 2.24) is 0 Å². The molecule has 0 unspecified atom stereocenters. The largest absolute Gasteiger partial charge is 0.103 e. The first-order valence-corrected chi connectivity index (χ1v) is 10.3. The highest BCUT2D eigenvalue weighted by atomic mass is 14.3. The van der Waals surface area contributed by atoms with Gasteiger partial charge in [0.25, 0.3) is 0 Å². The Morgan fingerprint density at radius 3 is 1.78 bits per heavy atom. The number of hydrogen-bond acceptors (Lipinski definition) is 0. The normalized spacial score (nSPS) is 32.6. The van der Waals surface area contributed by atoms with Gasteiger partial charge in [-0.1, -0.05) is 50.1 Å². The SMILES string of the molecule is C=CCCC=CC1CCC(C=CC2CCC(CCC)CC2)CC1. The lowest BCUT2D eigenvalue weighted by molar-refractivity contribution is 0.292. The molecular weight excluding hydrogens is 276 g/mol. The fourth-order valence-electron chi connectivity index (χ4n) is 4.42. The van der Waals surface area contributed by atoms with Crippen LogP contribution in [-0.2, 0) is 0 Å². The van der Waals surface area contributed by atoms with E-state index in [2.05, 4.69) is 37.8 Å². The van der Waals surface area contributed by atoms with E-state index in [9.17, 15) is 0 Å². The topological polar surface area (TPSA) is 0 Å². The average molecular weight is 315 g/mol. The molecule has 0 aromatic rings. The van der Waals surface area contributed by atoms with Gasteiger partial charge in [-0.3, -0.25) is 0 Å². The van der Waals surface area contributed by atoms with Gasteiger partial charge in [-0.05, 0) is 87.9 Å². The van der Waals surface area contributed by atoms with Gasteiger partial charge in [0.05, 0.1) is 0 Å². The highest BCUT2D eigenvalue weighted by molar-refractivity contribution is 4.99. The van der Waals surface area contributed by atoms with Crippen molar-refractivity contribution in [2.45, 2.75) is 84.0 Å². The Kier molecular flexibility index (Phi) is 8.79. The van der Waals surface area contributed by atoms with Gasteiger partial charge in [-0.15, -0.1) is 6.58 Å². The molecule has 2 saturated carbocycles. The van der Waals surface area contributed by atoms with Crippen LogP contribution >= 0.6 is 0 Å². The van der Waals surface area contributed by atoms with Crippen molar-refractivity contribution in [3.8, 4) is 0 Å². The van der Waals surface area contributed by atoms with E-state index >= 15 is 0 Å². The molecule has 0 N–H and O–H groups in total. The molecule has 0 bridgehead atoms. The molecule has 130 valence electrons. The molecular formula is C23H38. The smallest absolute Gasteiger partial charge is 0.0233 e.